The van der Waals surface area contributed by atoms with Crippen molar-refractivity contribution in [3.63, 3.8) is 0 Å². The van der Waals surface area contributed by atoms with Crippen LogP contribution in [0, 0.1) is 0 Å². The van der Waals surface area contributed by atoms with Crippen LogP contribution < -0.4 is 10.5 Å². The topological polar surface area (TPSA) is 53.7 Å². The molecule has 4 heteroatoms. The summed E-state index contributed by atoms with van der Waals surface area (Å²) in [5.41, 5.74) is 7.21. The van der Waals surface area contributed by atoms with Crippen molar-refractivity contribution in [1.82, 2.24) is 0 Å². The average Bonchev–Trinajstić information content (AvgIpc) is 2.39. The molecule has 102 valence electrons. The minimum absolute atomic E-state index is 0.207. The smallest absolute Gasteiger partial charge is 0.172 e. The highest BCUT2D eigenvalue weighted by Crippen LogP contribution is 2.19. The first-order chi connectivity index (χ1) is 8.72. The second-order valence-electron chi connectivity index (χ2n) is 3.96. The maximum Gasteiger partial charge on any atom is 0.172 e. The molecule has 0 bridgehead atoms. The Labute approximate surface area is 109 Å². The molecule has 0 aliphatic carbocycles. The molecule has 1 aromatic carbocycles. The molecule has 0 aliphatic heterocycles. The van der Waals surface area contributed by atoms with E-state index in [9.17, 15) is 0 Å². The molecule has 0 fully saturated rings. The molecule has 0 saturated heterocycles. The van der Waals surface area contributed by atoms with E-state index in [2.05, 4.69) is 0 Å². The summed E-state index contributed by atoms with van der Waals surface area (Å²) in [6.07, 6.45) is 0.291. The summed E-state index contributed by atoms with van der Waals surface area (Å²) in [5, 5.41) is 0. The van der Waals surface area contributed by atoms with Gasteiger partial charge in [0.25, 0.3) is 0 Å². The highest BCUT2D eigenvalue weighted by molar-refractivity contribution is 5.33. The zero-order chi connectivity index (χ0) is 13.4. The van der Waals surface area contributed by atoms with Crippen molar-refractivity contribution in [3.8, 4) is 5.75 Å². The first-order valence-electron chi connectivity index (χ1n) is 6.33. The first kappa shape index (κ1) is 15.0. The largest absolute Gasteiger partial charge is 0.496 e. The zero-order valence-corrected chi connectivity index (χ0v) is 11.4. The van der Waals surface area contributed by atoms with Crippen LogP contribution in [0.5, 0.6) is 5.75 Å². The third-order valence-electron chi connectivity index (χ3n) is 2.66. The van der Waals surface area contributed by atoms with E-state index in [-0.39, 0.29) is 12.3 Å². The van der Waals surface area contributed by atoms with Gasteiger partial charge in [0.1, 0.15) is 5.75 Å². The molecule has 4 nitrogen and oxygen atoms in total. The summed E-state index contributed by atoms with van der Waals surface area (Å²) in [6.45, 7) is 5.04. The Morgan fingerprint density at radius 2 is 1.72 bits per heavy atom. The zero-order valence-electron chi connectivity index (χ0n) is 11.4. The minimum Gasteiger partial charge on any atom is -0.496 e. The van der Waals surface area contributed by atoms with Crippen molar-refractivity contribution < 1.29 is 14.2 Å². The monoisotopic (exact) mass is 253 g/mol. The van der Waals surface area contributed by atoms with Crippen molar-refractivity contribution in [2.75, 3.05) is 20.3 Å². The maximum atomic E-state index is 6.14. The van der Waals surface area contributed by atoms with Gasteiger partial charge in [-0.05, 0) is 31.9 Å². The van der Waals surface area contributed by atoms with Gasteiger partial charge >= 0.3 is 0 Å². The summed E-state index contributed by atoms with van der Waals surface area (Å²) in [6, 6.07) is 7.64. The van der Waals surface area contributed by atoms with Crippen molar-refractivity contribution >= 4 is 0 Å². The maximum absolute atomic E-state index is 6.14. The number of hydrogen-bond acceptors (Lipinski definition) is 4. The fourth-order valence-electron chi connectivity index (χ4n) is 1.85. The number of nitrogens with two attached hydrogens (primary N) is 1. The minimum atomic E-state index is -0.370. The molecule has 0 radical (unpaired) electrons. The SMILES string of the molecule is CCOC(OCC)C(N)Cc1ccccc1OC. The molecular weight excluding hydrogens is 230 g/mol. The molecule has 0 amide bonds. The van der Waals surface area contributed by atoms with Crippen LogP contribution in [0.25, 0.3) is 0 Å². The fourth-order valence-corrected chi connectivity index (χ4v) is 1.85. The fraction of sp³-hybridized carbons (Fsp3) is 0.571. The van der Waals surface area contributed by atoms with Crippen molar-refractivity contribution in [1.29, 1.82) is 0 Å². The number of methoxy groups -OCH3 is 1. The molecule has 0 saturated carbocycles. The summed E-state index contributed by atoms with van der Waals surface area (Å²) < 4.78 is 16.3. The van der Waals surface area contributed by atoms with Crippen molar-refractivity contribution in [3.05, 3.63) is 29.8 Å². The Bertz CT molecular complexity index is 338. The number of rotatable bonds is 8. The van der Waals surface area contributed by atoms with Gasteiger partial charge in [-0.1, -0.05) is 18.2 Å². The van der Waals surface area contributed by atoms with Crippen LogP contribution in [0.15, 0.2) is 24.3 Å². The van der Waals surface area contributed by atoms with Crippen LogP contribution in [-0.4, -0.2) is 32.7 Å². The first-order valence-corrected chi connectivity index (χ1v) is 6.33. The summed E-state index contributed by atoms with van der Waals surface area (Å²) >= 11 is 0. The average molecular weight is 253 g/mol. The molecule has 0 aliphatic rings. The Morgan fingerprint density at radius 3 is 2.28 bits per heavy atom. The van der Waals surface area contributed by atoms with Gasteiger partial charge in [-0.2, -0.15) is 0 Å². The van der Waals surface area contributed by atoms with E-state index in [1.165, 1.54) is 0 Å². The molecule has 1 rings (SSSR count). The summed E-state index contributed by atoms with van der Waals surface area (Å²) in [4.78, 5) is 0. The van der Waals surface area contributed by atoms with Gasteiger partial charge < -0.3 is 19.9 Å². The van der Waals surface area contributed by atoms with Gasteiger partial charge in [-0.25, -0.2) is 0 Å². The lowest BCUT2D eigenvalue weighted by Gasteiger charge is -2.24. The third-order valence-corrected chi connectivity index (χ3v) is 2.66. The van der Waals surface area contributed by atoms with Crippen molar-refractivity contribution in [2.45, 2.75) is 32.6 Å². The Kier molecular flexibility index (Phi) is 6.72. The van der Waals surface area contributed by atoms with E-state index in [0.717, 1.165) is 11.3 Å². The van der Waals surface area contributed by atoms with E-state index in [1.54, 1.807) is 7.11 Å². The lowest BCUT2D eigenvalue weighted by Crippen LogP contribution is -2.40. The van der Waals surface area contributed by atoms with Gasteiger partial charge in [0.2, 0.25) is 0 Å². The molecule has 0 spiro atoms. The number of hydrogen-bond donors (Lipinski definition) is 1. The number of benzene rings is 1. The normalized spacial score (nSPS) is 12.7. The van der Waals surface area contributed by atoms with Crippen LogP contribution >= 0.6 is 0 Å². The van der Waals surface area contributed by atoms with Gasteiger partial charge in [0, 0.05) is 13.2 Å². The van der Waals surface area contributed by atoms with Crippen LogP contribution in [0.4, 0.5) is 0 Å². The molecule has 2 N–H and O–H groups in total. The molecule has 18 heavy (non-hydrogen) atoms. The lowest BCUT2D eigenvalue weighted by molar-refractivity contribution is -0.148. The molecular formula is C14H23NO3. The van der Waals surface area contributed by atoms with Crippen LogP contribution in [0.1, 0.15) is 19.4 Å². The molecule has 1 atom stereocenters. The van der Waals surface area contributed by atoms with Crippen LogP contribution in [-0.2, 0) is 15.9 Å². The van der Waals surface area contributed by atoms with E-state index in [4.69, 9.17) is 19.9 Å². The lowest BCUT2D eigenvalue weighted by atomic mass is 10.1. The van der Waals surface area contributed by atoms with Gasteiger partial charge in [0.05, 0.1) is 13.2 Å². The Hall–Kier alpha value is -1.10. The molecule has 1 aromatic rings. The standard InChI is InChI=1S/C14H23NO3/c1-4-17-14(18-5-2)12(15)10-11-8-6-7-9-13(11)16-3/h6-9,12,14H,4-5,10,15H2,1-3H3. The second kappa shape index (κ2) is 8.08. The van der Waals surface area contributed by atoms with Gasteiger partial charge in [0.15, 0.2) is 6.29 Å². The summed E-state index contributed by atoms with van der Waals surface area (Å²) in [5.74, 6) is 0.847. The van der Waals surface area contributed by atoms with E-state index in [1.807, 2.05) is 38.1 Å². The van der Waals surface area contributed by atoms with Gasteiger partial charge in [-0.15, -0.1) is 0 Å². The Balaban J connectivity index is 2.68. The number of para-hydroxylation sites is 1. The second-order valence-corrected chi connectivity index (χ2v) is 3.96. The molecule has 0 heterocycles. The van der Waals surface area contributed by atoms with E-state index < -0.39 is 0 Å². The highest BCUT2D eigenvalue weighted by atomic mass is 16.7. The van der Waals surface area contributed by atoms with Gasteiger partial charge in [-0.3, -0.25) is 0 Å². The van der Waals surface area contributed by atoms with Crippen LogP contribution in [0.2, 0.25) is 0 Å². The summed E-state index contributed by atoms with van der Waals surface area (Å²) in [7, 11) is 1.66. The Morgan fingerprint density at radius 1 is 1.11 bits per heavy atom. The quantitative estimate of drug-likeness (QED) is 0.720. The molecule has 0 aromatic heterocycles. The predicted octanol–water partition coefficient (Wildman–Crippen LogP) is 1.96. The van der Waals surface area contributed by atoms with E-state index in [0.29, 0.717) is 19.6 Å². The van der Waals surface area contributed by atoms with Crippen LogP contribution in [0.3, 0.4) is 0 Å². The molecule has 1 unspecified atom stereocenters. The number of ether oxygens (including phenoxy) is 3. The van der Waals surface area contributed by atoms with E-state index >= 15 is 0 Å². The predicted molar refractivity (Wildman–Crippen MR) is 71.7 cm³/mol. The highest BCUT2D eigenvalue weighted by Gasteiger charge is 2.19. The third kappa shape index (κ3) is 4.29. The van der Waals surface area contributed by atoms with Crippen molar-refractivity contribution in [2.24, 2.45) is 5.73 Å².